The highest BCUT2D eigenvalue weighted by atomic mass is 14.6. The first-order chi connectivity index (χ1) is 8.06. The van der Waals surface area contributed by atoms with Crippen LogP contribution in [0.3, 0.4) is 0 Å². The van der Waals surface area contributed by atoms with Crippen LogP contribution in [0.4, 0.5) is 0 Å². The smallest absolute Gasteiger partial charge is 0.0347 e. The molecule has 0 saturated carbocycles. The molecule has 0 amide bonds. The molecule has 0 saturated heterocycles. The van der Waals surface area contributed by atoms with Gasteiger partial charge in [-0.05, 0) is 58.3 Å². The van der Waals surface area contributed by atoms with Crippen molar-refractivity contribution < 1.29 is 0 Å². The Morgan fingerprint density at radius 2 is 1.12 bits per heavy atom. The van der Waals surface area contributed by atoms with Crippen LogP contribution in [0.1, 0.15) is 41.5 Å². The highest BCUT2D eigenvalue weighted by Gasteiger charge is 2.11. The van der Waals surface area contributed by atoms with Gasteiger partial charge in [-0.2, -0.15) is 0 Å². The summed E-state index contributed by atoms with van der Waals surface area (Å²) in [6.45, 7) is 12.3. The lowest BCUT2D eigenvalue weighted by Crippen LogP contribution is -2.06. The SMILES string of the molecule is CC=C(C)C(=CC)C(=CC)C(=CC)C(N)=CC. The van der Waals surface area contributed by atoms with Crippen molar-refractivity contribution in [2.75, 3.05) is 0 Å². The first-order valence-electron chi connectivity index (χ1n) is 6.12. The Kier molecular flexibility index (Phi) is 7.04. The zero-order valence-corrected chi connectivity index (χ0v) is 12.0. The molecular formula is C16H25N. The fourth-order valence-electron chi connectivity index (χ4n) is 1.84. The summed E-state index contributed by atoms with van der Waals surface area (Å²) in [5, 5.41) is 0. The van der Waals surface area contributed by atoms with Crippen LogP contribution in [-0.2, 0) is 0 Å². The van der Waals surface area contributed by atoms with E-state index in [1.165, 1.54) is 16.7 Å². The first kappa shape index (κ1) is 15.5. The van der Waals surface area contributed by atoms with E-state index in [1.807, 2.05) is 26.8 Å². The van der Waals surface area contributed by atoms with E-state index in [9.17, 15) is 0 Å². The molecule has 0 aromatic carbocycles. The van der Waals surface area contributed by atoms with Crippen molar-refractivity contribution in [2.24, 2.45) is 5.73 Å². The van der Waals surface area contributed by atoms with Gasteiger partial charge in [-0.15, -0.1) is 0 Å². The minimum absolute atomic E-state index is 0.823. The molecule has 2 N–H and O–H groups in total. The number of hydrogen-bond donors (Lipinski definition) is 1. The van der Waals surface area contributed by atoms with Crippen LogP contribution >= 0.6 is 0 Å². The highest BCUT2D eigenvalue weighted by Crippen LogP contribution is 2.28. The second-order valence-electron chi connectivity index (χ2n) is 3.82. The number of hydrogen-bond acceptors (Lipinski definition) is 1. The third-order valence-corrected chi connectivity index (χ3v) is 2.93. The summed E-state index contributed by atoms with van der Waals surface area (Å²) in [6.07, 6.45) is 10.4. The molecule has 94 valence electrons. The standard InChI is InChI=1S/C16H25N/c1-7-12(6)13(8-2)14(9-3)15(10-4)16(17)11-5/h7-11H,17H2,1-6H3. The van der Waals surface area contributed by atoms with E-state index >= 15 is 0 Å². The highest BCUT2D eigenvalue weighted by molar-refractivity contribution is 5.60. The molecule has 1 heteroatoms. The van der Waals surface area contributed by atoms with E-state index in [2.05, 4.69) is 45.1 Å². The van der Waals surface area contributed by atoms with E-state index in [4.69, 9.17) is 5.73 Å². The Hall–Kier alpha value is -1.50. The van der Waals surface area contributed by atoms with Gasteiger partial charge in [0.2, 0.25) is 0 Å². The second kappa shape index (κ2) is 7.72. The molecule has 0 spiro atoms. The molecule has 0 aliphatic rings. The van der Waals surface area contributed by atoms with Gasteiger partial charge in [-0.1, -0.05) is 30.4 Å². The average Bonchev–Trinajstić information content (AvgIpc) is 2.37. The molecule has 0 radical (unpaired) electrons. The normalized spacial score (nSPS) is 16.5. The van der Waals surface area contributed by atoms with E-state index in [1.54, 1.807) is 0 Å². The lowest BCUT2D eigenvalue weighted by atomic mass is 9.90. The summed E-state index contributed by atoms with van der Waals surface area (Å²) < 4.78 is 0. The van der Waals surface area contributed by atoms with Gasteiger partial charge in [0.05, 0.1) is 0 Å². The molecule has 0 aliphatic carbocycles. The predicted octanol–water partition coefficient (Wildman–Crippen LogP) is 4.65. The molecule has 0 fully saturated rings. The van der Waals surface area contributed by atoms with Crippen molar-refractivity contribution in [3.05, 3.63) is 58.4 Å². The Bertz CT molecular complexity index is 365. The van der Waals surface area contributed by atoms with Gasteiger partial charge in [-0.25, -0.2) is 0 Å². The molecule has 0 unspecified atom stereocenters. The van der Waals surface area contributed by atoms with Crippen LogP contribution in [0.25, 0.3) is 0 Å². The zero-order chi connectivity index (χ0) is 13.4. The summed E-state index contributed by atoms with van der Waals surface area (Å²) in [7, 11) is 0. The van der Waals surface area contributed by atoms with Crippen molar-refractivity contribution >= 4 is 0 Å². The minimum atomic E-state index is 0.823. The summed E-state index contributed by atoms with van der Waals surface area (Å²) in [4.78, 5) is 0. The van der Waals surface area contributed by atoms with Gasteiger partial charge in [0.25, 0.3) is 0 Å². The van der Waals surface area contributed by atoms with Gasteiger partial charge >= 0.3 is 0 Å². The van der Waals surface area contributed by atoms with Crippen LogP contribution in [0, 0.1) is 0 Å². The largest absolute Gasteiger partial charge is 0.399 e. The Labute approximate surface area is 106 Å². The molecule has 0 aromatic rings. The molecule has 17 heavy (non-hydrogen) atoms. The topological polar surface area (TPSA) is 26.0 Å². The fourth-order valence-corrected chi connectivity index (χ4v) is 1.84. The third kappa shape index (κ3) is 3.77. The molecule has 0 aliphatic heterocycles. The average molecular weight is 231 g/mol. The molecule has 1 nitrogen and oxygen atoms in total. The van der Waals surface area contributed by atoms with Gasteiger partial charge in [0.15, 0.2) is 0 Å². The summed E-state index contributed by atoms with van der Waals surface area (Å²) in [5.41, 5.74) is 11.7. The van der Waals surface area contributed by atoms with Crippen molar-refractivity contribution in [2.45, 2.75) is 41.5 Å². The molecule has 0 heterocycles. The molecular weight excluding hydrogens is 206 g/mol. The maximum atomic E-state index is 6.04. The monoisotopic (exact) mass is 231 g/mol. The third-order valence-electron chi connectivity index (χ3n) is 2.93. The first-order valence-corrected chi connectivity index (χ1v) is 6.12. The van der Waals surface area contributed by atoms with Crippen molar-refractivity contribution in [1.29, 1.82) is 0 Å². The summed E-state index contributed by atoms with van der Waals surface area (Å²) >= 11 is 0. The Balaban J connectivity index is 5.67. The maximum Gasteiger partial charge on any atom is 0.0347 e. The predicted molar refractivity (Wildman–Crippen MR) is 78.6 cm³/mol. The lowest BCUT2D eigenvalue weighted by molar-refractivity contribution is 1.23. The van der Waals surface area contributed by atoms with Crippen molar-refractivity contribution in [1.82, 2.24) is 0 Å². The van der Waals surface area contributed by atoms with E-state index in [-0.39, 0.29) is 0 Å². The van der Waals surface area contributed by atoms with Gasteiger partial charge < -0.3 is 5.73 Å². The van der Waals surface area contributed by atoms with Crippen LogP contribution in [0.5, 0.6) is 0 Å². The summed E-state index contributed by atoms with van der Waals surface area (Å²) in [6, 6.07) is 0. The number of allylic oxidation sites excluding steroid dienone is 8. The van der Waals surface area contributed by atoms with Gasteiger partial charge in [0, 0.05) is 11.3 Å². The van der Waals surface area contributed by atoms with Gasteiger partial charge in [0.1, 0.15) is 0 Å². The van der Waals surface area contributed by atoms with Gasteiger partial charge in [-0.3, -0.25) is 0 Å². The maximum absolute atomic E-state index is 6.04. The molecule has 0 rings (SSSR count). The van der Waals surface area contributed by atoms with E-state index < -0.39 is 0 Å². The number of rotatable bonds is 4. The molecule has 0 aromatic heterocycles. The Morgan fingerprint density at radius 3 is 1.41 bits per heavy atom. The molecule has 0 bridgehead atoms. The van der Waals surface area contributed by atoms with Crippen LogP contribution in [-0.4, -0.2) is 0 Å². The van der Waals surface area contributed by atoms with Crippen LogP contribution in [0.15, 0.2) is 58.4 Å². The quantitative estimate of drug-likeness (QED) is 0.700. The van der Waals surface area contributed by atoms with E-state index in [0.29, 0.717) is 0 Å². The van der Waals surface area contributed by atoms with Crippen molar-refractivity contribution in [3.8, 4) is 0 Å². The molecule has 0 atom stereocenters. The lowest BCUT2D eigenvalue weighted by Gasteiger charge is -2.16. The minimum Gasteiger partial charge on any atom is -0.399 e. The summed E-state index contributed by atoms with van der Waals surface area (Å²) in [5.74, 6) is 0. The number of nitrogens with two attached hydrogens (primary N) is 1. The van der Waals surface area contributed by atoms with Crippen LogP contribution in [0.2, 0.25) is 0 Å². The van der Waals surface area contributed by atoms with Crippen molar-refractivity contribution in [3.63, 3.8) is 0 Å². The fraction of sp³-hybridized carbons (Fsp3) is 0.375. The Morgan fingerprint density at radius 1 is 0.647 bits per heavy atom. The second-order valence-corrected chi connectivity index (χ2v) is 3.82. The van der Waals surface area contributed by atoms with Crippen LogP contribution < -0.4 is 5.73 Å². The zero-order valence-electron chi connectivity index (χ0n) is 12.0. The van der Waals surface area contributed by atoms with E-state index in [0.717, 1.165) is 11.3 Å².